The number of benzene rings is 1. The molecule has 1 aliphatic rings. The molecule has 0 aliphatic heterocycles. The summed E-state index contributed by atoms with van der Waals surface area (Å²) < 4.78 is 6.16. The number of fused-ring (bicyclic) bond motifs is 1. The molecule has 26 heavy (non-hydrogen) atoms. The van der Waals surface area contributed by atoms with Crippen LogP contribution in [-0.4, -0.2) is 29.0 Å². The van der Waals surface area contributed by atoms with Gasteiger partial charge in [-0.2, -0.15) is 5.26 Å². The third-order valence-corrected chi connectivity index (χ3v) is 5.62. The number of hydrogen-bond donors (Lipinski definition) is 1. The number of carbonyl (C=O) groups excluding carboxylic acids is 2. The van der Waals surface area contributed by atoms with E-state index in [0.29, 0.717) is 25.7 Å². The van der Waals surface area contributed by atoms with Gasteiger partial charge in [-0.3, -0.25) is 9.59 Å². The number of carbonyl (C=O) groups is 2. The molecule has 0 bridgehead atoms. The molecule has 1 aliphatic carbocycles. The highest BCUT2D eigenvalue weighted by Gasteiger charge is 2.35. The van der Waals surface area contributed by atoms with Crippen molar-refractivity contribution in [3.8, 4) is 6.07 Å². The molecule has 3 rings (SSSR count). The molecule has 1 aromatic carbocycles. The molecule has 2 aromatic rings. The summed E-state index contributed by atoms with van der Waals surface area (Å²) in [6.07, 6.45) is 4.75. The lowest BCUT2D eigenvalue weighted by Crippen LogP contribution is -2.46. The Labute approximate surface area is 156 Å². The molecule has 0 atom stereocenters. The van der Waals surface area contributed by atoms with Crippen molar-refractivity contribution in [2.75, 3.05) is 6.61 Å². The van der Waals surface area contributed by atoms with Gasteiger partial charge in [0.15, 0.2) is 6.61 Å². The number of aromatic nitrogens is 1. The molecule has 6 nitrogen and oxygen atoms in total. The molecule has 7 heteroatoms. The number of para-hydroxylation sites is 1. The Kier molecular flexibility index (Phi) is 5.84. The van der Waals surface area contributed by atoms with Gasteiger partial charge in [-0.1, -0.05) is 12.1 Å². The fourth-order valence-corrected chi connectivity index (χ4v) is 4.18. The van der Waals surface area contributed by atoms with Gasteiger partial charge in [0, 0.05) is 6.42 Å². The van der Waals surface area contributed by atoms with Gasteiger partial charge < -0.3 is 10.1 Å². The third kappa shape index (κ3) is 4.58. The van der Waals surface area contributed by atoms with Gasteiger partial charge >= 0.3 is 5.97 Å². The van der Waals surface area contributed by atoms with Crippen LogP contribution in [0, 0.1) is 11.3 Å². The first-order valence-electron chi connectivity index (χ1n) is 8.83. The first-order chi connectivity index (χ1) is 12.6. The maximum absolute atomic E-state index is 11.9. The first-order valence-corrected chi connectivity index (χ1v) is 9.64. The van der Waals surface area contributed by atoms with Gasteiger partial charge in [0.2, 0.25) is 0 Å². The van der Waals surface area contributed by atoms with Crippen molar-refractivity contribution in [1.82, 2.24) is 10.3 Å². The van der Waals surface area contributed by atoms with Crippen LogP contribution >= 0.6 is 11.3 Å². The number of nitrogens with zero attached hydrogens (tertiary/aromatic N) is 2. The van der Waals surface area contributed by atoms with Crippen LogP contribution in [0.5, 0.6) is 0 Å². The first kappa shape index (κ1) is 18.3. The smallest absolute Gasteiger partial charge is 0.306 e. The Bertz CT molecular complexity index is 801. The Hall–Kier alpha value is -2.46. The van der Waals surface area contributed by atoms with E-state index in [2.05, 4.69) is 16.4 Å². The number of thiazole rings is 1. The number of nitrogens with one attached hydrogen (secondary N) is 1. The number of ether oxygens (including phenoxy) is 1. The molecule has 1 aromatic heterocycles. The van der Waals surface area contributed by atoms with Gasteiger partial charge in [-0.25, -0.2) is 4.98 Å². The molecule has 1 heterocycles. The van der Waals surface area contributed by atoms with E-state index >= 15 is 0 Å². The number of amides is 1. The van der Waals surface area contributed by atoms with Crippen molar-refractivity contribution in [3.63, 3.8) is 0 Å². The molecular weight excluding hydrogens is 350 g/mol. The second kappa shape index (κ2) is 8.28. The zero-order valence-electron chi connectivity index (χ0n) is 14.5. The summed E-state index contributed by atoms with van der Waals surface area (Å²) in [5.41, 5.74) is 0.196. The summed E-state index contributed by atoms with van der Waals surface area (Å²) in [5, 5.41) is 12.9. The Morgan fingerprint density at radius 1 is 1.31 bits per heavy atom. The Balaban J connectivity index is 1.37. The molecule has 0 radical (unpaired) electrons. The van der Waals surface area contributed by atoms with Crippen LogP contribution in [0.25, 0.3) is 10.2 Å². The molecular formula is C19H21N3O3S. The summed E-state index contributed by atoms with van der Waals surface area (Å²) in [6.45, 7) is -0.330. The van der Waals surface area contributed by atoms with Crippen molar-refractivity contribution < 1.29 is 14.3 Å². The van der Waals surface area contributed by atoms with Crippen LogP contribution in [0.1, 0.15) is 43.5 Å². The minimum Gasteiger partial charge on any atom is -0.456 e. The zero-order valence-corrected chi connectivity index (χ0v) is 15.3. The fourth-order valence-electron chi connectivity index (χ4n) is 3.18. The summed E-state index contributed by atoms with van der Waals surface area (Å²) >= 11 is 1.63. The second-order valence-electron chi connectivity index (χ2n) is 6.54. The minimum atomic E-state index is -0.781. The molecule has 136 valence electrons. The summed E-state index contributed by atoms with van der Waals surface area (Å²) in [7, 11) is 0. The van der Waals surface area contributed by atoms with Crippen LogP contribution in [-0.2, 0) is 20.7 Å². The minimum absolute atomic E-state index is 0.243. The average Bonchev–Trinajstić information content (AvgIpc) is 3.27. The zero-order chi connectivity index (χ0) is 18.4. The maximum atomic E-state index is 11.9. The van der Waals surface area contributed by atoms with Crippen LogP contribution < -0.4 is 5.32 Å². The van der Waals surface area contributed by atoms with Gasteiger partial charge in [0.05, 0.1) is 21.3 Å². The molecule has 0 saturated heterocycles. The second-order valence-corrected chi connectivity index (χ2v) is 7.65. The van der Waals surface area contributed by atoms with Crippen molar-refractivity contribution in [2.24, 2.45) is 0 Å². The standard InChI is InChI=1S/C19H21N3O3S/c20-13-19(10-3-4-11-19)22-16(23)12-25-18(24)9-5-8-17-21-14-6-1-2-7-15(14)26-17/h1-2,6-7H,3-5,8-12H2,(H,22,23). The normalized spacial score (nSPS) is 15.5. The summed E-state index contributed by atoms with van der Waals surface area (Å²) in [6, 6.07) is 10.1. The number of nitriles is 1. The van der Waals surface area contributed by atoms with E-state index in [1.807, 2.05) is 24.3 Å². The molecule has 0 spiro atoms. The van der Waals surface area contributed by atoms with Crippen molar-refractivity contribution in [1.29, 1.82) is 5.26 Å². The van der Waals surface area contributed by atoms with Crippen LogP contribution in [0.4, 0.5) is 0 Å². The largest absolute Gasteiger partial charge is 0.456 e. The van der Waals surface area contributed by atoms with Crippen LogP contribution in [0.3, 0.4) is 0 Å². The third-order valence-electron chi connectivity index (χ3n) is 4.52. The molecule has 1 fully saturated rings. The predicted octanol–water partition coefficient (Wildman–Crippen LogP) is 3.11. The highest BCUT2D eigenvalue weighted by molar-refractivity contribution is 7.18. The maximum Gasteiger partial charge on any atom is 0.306 e. The summed E-state index contributed by atoms with van der Waals surface area (Å²) in [5.74, 6) is -0.813. The van der Waals surface area contributed by atoms with Crippen molar-refractivity contribution in [2.45, 2.75) is 50.5 Å². The van der Waals surface area contributed by atoms with E-state index in [1.165, 1.54) is 0 Å². The molecule has 0 unspecified atom stereocenters. The number of aryl methyl sites for hydroxylation is 1. The van der Waals surface area contributed by atoms with E-state index in [0.717, 1.165) is 28.1 Å². The number of rotatable bonds is 7. The Morgan fingerprint density at radius 3 is 2.81 bits per heavy atom. The average molecular weight is 371 g/mol. The highest BCUT2D eigenvalue weighted by atomic mass is 32.1. The lowest BCUT2D eigenvalue weighted by Gasteiger charge is -2.21. The lowest BCUT2D eigenvalue weighted by molar-refractivity contribution is -0.149. The quantitative estimate of drug-likeness (QED) is 0.755. The SMILES string of the molecule is N#CC1(NC(=O)COC(=O)CCCc2nc3ccccc3s2)CCCC1. The van der Waals surface area contributed by atoms with E-state index in [-0.39, 0.29) is 13.0 Å². The van der Waals surface area contributed by atoms with Gasteiger partial charge in [-0.05, 0) is 50.7 Å². The number of hydrogen-bond acceptors (Lipinski definition) is 6. The van der Waals surface area contributed by atoms with Gasteiger partial charge in [0.1, 0.15) is 5.54 Å². The topological polar surface area (TPSA) is 92.1 Å². The summed E-state index contributed by atoms with van der Waals surface area (Å²) in [4.78, 5) is 28.3. The van der Waals surface area contributed by atoms with E-state index in [9.17, 15) is 14.9 Å². The van der Waals surface area contributed by atoms with E-state index in [1.54, 1.807) is 11.3 Å². The fraction of sp³-hybridized carbons (Fsp3) is 0.474. The molecule has 1 amide bonds. The monoisotopic (exact) mass is 371 g/mol. The van der Waals surface area contributed by atoms with Crippen molar-refractivity contribution >= 4 is 33.4 Å². The molecule has 1 N–H and O–H groups in total. The lowest BCUT2D eigenvalue weighted by atomic mass is 10.00. The van der Waals surface area contributed by atoms with Crippen LogP contribution in [0.15, 0.2) is 24.3 Å². The van der Waals surface area contributed by atoms with Gasteiger partial charge in [0.25, 0.3) is 5.91 Å². The highest BCUT2D eigenvalue weighted by Crippen LogP contribution is 2.28. The number of esters is 1. The van der Waals surface area contributed by atoms with Crippen LogP contribution in [0.2, 0.25) is 0 Å². The van der Waals surface area contributed by atoms with Crippen molar-refractivity contribution in [3.05, 3.63) is 29.3 Å². The predicted molar refractivity (Wildman–Crippen MR) is 98.5 cm³/mol. The van der Waals surface area contributed by atoms with E-state index < -0.39 is 17.4 Å². The Morgan fingerprint density at radius 2 is 2.08 bits per heavy atom. The molecule has 1 saturated carbocycles. The van der Waals surface area contributed by atoms with Gasteiger partial charge in [-0.15, -0.1) is 11.3 Å². The van der Waals surface area contributed by atoms with E-state index in [4.69, 9.17) is 4.74 Å².